The van der Waals surface area contributed by atoms with Gasteiger partial charge in [0, 0.05) is 30.1 Å². The number of hydrogen-bond acceptors (Lipinski definition) is 4. The summed E-state index contributed by atoms with van der Waals surface area (Å²) in [6.07, 6.45) is 15.4. The Morgan fingerprint density at radius 3 is 2.72 bits per heavy atom. The molecule has 1 atom stereocenters. The van der Waals surface area contributed by atoms with Crippen LogP contribution in [0.5, 0.6) is 5.88 Å². The Hall–Kier alpha value is -1.65. The minimum absolute atomic E-state index is 0.0865. The van der Waals surface area contributed by atoms with E-state index in [2.05, 4.69) is 17.1 Å². The average molecular weight is 415 g/mol. The molecule has 3 heterocycles. The van der Waals surface area contributed by atoms with Gasteiger partial charge in [-0.2, -0.15) is 0 Å². The van der Waals surface area contributed by atoms with Crippen LogP contribution >= 0.6 is 11.6 Å². The monoisotopic (exact) mass is 414 g/mol. The maximum absolute atomic E-state index is 6.35. The number of hydrogen-bond donors (Lipinski definition) is 0. The van der Waals surface area contributed by atoms with Gasteiger partial charge in [0.15, 0.2) is 0 Å². The Morgan fingerprint density at radius 1 is 1.14 bits per heavy atom. The van der Waals surface area contributed by atoms with Crippen molar-refractivity contribution in [3.05, 3.63) is 52.9 Å². The van der Waals surface area contributed by atoms with Gasteiger partial charge in [0.2, 0.25) is 5.88 Å². The summed E-state index contributed by atoms with van der Waals surface area (Å²) in [6.45, 7) is 0.856. The summed E-state index contributed by atoms with van der Waals surface area (Å²) < 4.78 is 11.5. The fraction of sp³-hybridized carbons (Fsp3) is 0.583. The topological polar surface area (TPSA) is 44.2 Å². The van der Waals surface area contributed by atoms with Crippen LogP contribution in [-0.2, 0) is 16.6 Å². The molecular formula is C24H31ClN2O2. The fourth-order valence-electron chi connectivity index (χ4n) is 5.34. The van der Waals surface area contributed by atoms with E-state index in [1.54, 1.807) is 7.11 Å². The Kier molecular flexibility index (Phi) is 6.41. The van der Waals surface area contributed by atoms with E-state index >= 15 is 0 Å². The van der Waals surface area contributed by atoms with E-state index in [1.165, 1.54) is 36.9 Å². The molecule has 4 nitrogen and oxygen atoms in total. The molecule has 2 aliphatic rings. The first kappa shape index (κ1) is 20.6. The van der Waals surface area contributed by atoms with Crippen molar-refractivity contribution in [1.82, 2.24) is 9.97 Å². The minimum atomic E-state index is 0.0865. The van der Waals surface area contributed by atoms with Crippen molar-refractivity contribution in [3.63, 3.8) is 0 Å². The van der Waals surface area contributed by atoms with Crippen LogP contribution in [0.15, 0.2) is 36.7 Å². The van der Waals surface area contributed by atoms with Gasteiger partial charge < -0.3 is 9.47 Å². The van der Waals surface area contributed by atoms with E-state index in [4.69, 9.17) is 26.1 Å². The molecular weight excluding hydrogens is 384 g/mol. The quantitative estimate of drug-likeness (QED) is 0.528. The summed E-state index contributed by atoms with van der Waals surface area (Å²) in [4.78, 5) is 9.09. The molecule has 0 N–H and O–H groups in total. The summed E-state index contributed by atoms with van der Waals surface area (Å²) in [5, 5.41) is 0.586. The van der Waals surface area contributed by atoms with Crippen molar-refractivity contribution in [3.8, 4) is 5.88 Å². The van der Waals surface area contributed by atoms with Gasteiger partial charge in [0.1, 0.15) is 5.02 Å². The van der Waals surface area contributed by atoms with Crippen molar-refractivity contribution in [2.45, 2.75) is 75.2 Å². The molecule has 0 aromatic carbocycles. The van der Waals surface area contributed by atoms with E-state index in [-0.39, 0.29) is 11.0 Å². The van der Waals surface area contributed by atoms with Gasteiger partial charge in [-0.05, 0) is 68.7 Å². The first-order valence-corrected chi connectivity index (χ1v) is 11.3. The zero-order chi connectivity index (χ0) is 20.2. The average Bonchev–Trinajstić information content (AvgIpc) is 3.19. The van der Waals surface area contributed by atoms with E-state index in [9.17, 15) is 0 Å². The molecule has 1 aliphatic heterocycles. The number of rotatable bonds is 7. The summed E-state index contributed by atoms with van der Waals surface area (Å²) in [6, 6.07) is 8.35. The van der Waals surface area contributed by atoms with Crippen LogP contribution < -0.4 is 4.74 Å². The highest BCUT2D eigenvalue weighted by atomic mass is 35.5. The number of unbranched alkanes of at least 4 members (excludes halogenated alkanes) is 1. The summed E-state index contributed by atoms with van der Waals surface area (Å²) in [5.41, 5.74) is 2.65. The van der Waals surface area contributed by atoms with Crippen LogP contribution in [0.25, 0.3) is 0 Å². The lowest BCUT2D eigenvalue weighted by Gasteiger charge is -2.46. The van der Waals surface area contributed by atoms with Gasteiger partial charge >= 0.3 is 0 Å². The number of pyridine rings is 2. The van der Waals surface area contributed by atoms with Crippen LogP contribution in [0.2, 0.25) is 5.02 Å². The van der Waals surface area contributed by atoms with E-state index < -0.39 is 0 Å². The van der Waals surface area contributed by atoms with Gasteiger partial charge in [-0.3, -0.25) is 4.98 Å². The lowest BCUT2D eigenvalue weighted by Crippen LogP contribution is -2.46. The molecule has 1 aliphatic carbocycles. The van der Waals surface area contributed by atoms with E-state index in [1.807, 2.05) is 24.5 Å². The second-order valence-electron chi connectivity index (χ2n) is 8.70. The maximum Gasteiger partial charge on any atom is 0.232 e. The molecule has 0 unspecified atom stereocenters. The number of nitrogens with zero attached hydrogens (tertiary/aromatic N) is 2. The largest absolute Gasteiger partial charge is 0.480 e. The van der Waals surface area contributed by atoms with Crippen molar-refractivity contribution < 1.29 is 9.47 Å². The molecule has 29 heavy (non-hydrogen) atoms. The van der Waals surface area contributed by atoms with E-state index in [0.717, 1.165) is 45.1 Å². The van der Waals surface area contributed by atoms with Gasteiger partial charge in [0.05, 0.1) is 12.7 Å². The predicted molar refractivity (Wildman–Crippen MR) is 116 cm³/mol. The molecule has 156 valence electrons. The van der Waals surface area contributed by atoms with Crippen LogP contribution in [-0.4, -0.2) is 29.3 Å². The zero-order valence-electron chi connectivity index (χ0n) is 17.3. The highest BCUT2D eigenvalue weighted by Crippen LogP contribution is 2.50. The van der Waals surface area contributed by atoms with Crippen LogP contribution in [0.4, 0.5) is 0 Å². The third kappa shape index (κ3) is 4.59. The number of aromatic nitrogens is 2. The van der Waals surface area contributed by atoms with Crippen molar-refractivity contribution >= 4 is 11.6 Å². The fourth-order valence-corrected chi connectivity index (χ4v) is 5.61. The van der Waals surface area contributed by atoms with Crippen LogP contribution in [0, 0.1) is 0 Å². The molecule has 0 amide bonds. The second kappa shape index (κ2) is 9.01. The van der Waals surface area contributed by atoms with E-state index in [0.29, 0.717) is 10.9 Å². The Bertz CT molecular complexity index is 808. The van der Waals surface area contributed by atoms with Crippen molar-refractivity contribution in [2.75, 3.05) is 13.7 Å². The molecule has 1 spiro atoms. The molecule has 2 aromatic rings. The van der Waals surface area contributed by atoms with Crippen molar-refractivity contribution in [2.24, 2.45) is 0 Å². The zero-order valence-corrected chi connectivity index (χ0v) is 18.1. The Balaban J connectivity index is 1.43. The minimum Gasteiger partial charge on any atom is -0.480 e. The lowest BCUT2D eigenvalue weighted by atomic mass is 9.67. The van der Waals surface area contributed by atoms with Gasteiger partial charge in [-0.1, -0.05) is 36.9 Å². The molecule has 2 fully saturated rings. The summed E-state index contributed by atoms with van der Waals surface area (Å²) >= 11 is 6.23. The normalized spacial score (nSPS) is 23.4. The number of halogens is 1. The second-order valence-corrected chi connectivity index (χ2v) is 9.11. The maximum atomic E-state index is 6.35. The molecule has 2 aromatic heterocycles. The molecule has 5 heteroatoms. The Labute approximate surface area is 179 Å². The molecule has 4 rings (SSSR count). The molecule has 0 radical (unpaired) electrons. The molecule has 1 saturated carbocycles. The van der Waals surface area contributed by atoms with Gasteiger partial charge in [0.25, 0.3) is 0 Å². The first-order chi connectivity index (χ1) is 14.1. The summed E-state index contributed by atoms with van der Waals surface area (Å²) in [7, 11) is 1.59. The summed E-state index contributed by atoms with van der Waals surface area (Å²) in [5.74, 6) is 0.494. The van der Waals surface area contributed by atoms with Gasteiger partial charge in [-0.15, -0.1) is 0 Å². The third-order valence-electron chi connectivity index (χ3n) is 6.80. The Morgan fingerprint density at radius 2 is 2.00 bits per heavy atom. The predicted octanol–water partition coefficient (Wildman–Crippen LogP) is 5.91. The third-order valence-corrected chi connectivity index (χ3v) is 7.07. The number of ether oxygens (including phenoxy) is 2. The SMILES string of the molecule is COc1ncc(CCCC[C@@]2(c3ccccn3)CCOC3(CCCC3)C2)cc1Cl. The number of methoxy groups -OCH3 is 1. The standard InChI is InChI=1S/C24H31ClN2O2/c1-28-22-20(25)16-19(17-27-22)8-2-4-10-23(21-9-3-7-14-26-21)13-15-29-24(18-23)11-5-6-12-24/h3,7,9,14,16-17H,2,4-6,8,10-13,15,18H2,1H3/t23-/m1/s1. The lowest BCUT2D eigenvalue weighted by molar-refractivity contribution is -0.104. The molecule has 1 saturated heterocycles. The van der Waals surface area contributed by atoms with Gasteiger partial charge in [-0.25, -0.2) is 4.98 Å². The highest BCUT2D eigenvalue weighted by molar-refractivity contribution is 6.31. The van der Waals surface area contributed by atoms with Crippen molar-refractivity contribution in [1.29, 1.82) is 0 Å². The number of aryl methyl sites for hydroxylation is 1. The first-order valence-electron chi connectivity index (χ1n) is 10.9. The van der Waals surface area contributed by atoms with Crippen LogP contribution in [0.1, 0.15) is 69.0 Å². The smallest absolute Gasteiger partial charge is 0.232 e. The van der Waals surface area contributed by atoms with Crippen LogP contribution in [0.3, 0.4) is 0 Å². The highest BCUT2D eigenvalue weighted by Gasteiger charge is 2.48. The molecule has 0 bridgehead atoms.